The molecule has 1 aromatic heterocycles. The number of piperidine rings is 1. The van der Waals surface area contributed by atoms with Gasteiger partial charge in [-0.05, 0) is 24.5 Å². The number of rotatable bonds is 2. The van der Waals surface area contributed by atoms with Crippen LogP contribution in [0.4, 0.5) is 5.82 Å². The zero-order valence-corrected chi connectivity index (χ0v) is 15.2. The van der Waals surface area contributed by atoms with Gasteiger partial charge in [0.05, 0.1) is 11.6 Å². The first-order valence-corrected chi connectivity index (χ1v) is 9.35. The number of hydrogen-bond donors (Lipinski definition) is 1. The van der Waals surface area contributed by atoms with E-state index >= 15 is 0 Å². The molecule has 5 nitrogen and oxygen atoms in total. The number of para-hydroxylation sites is 1. The zero-order chi connectivity index (χ0) is 18.4. The minimum absolute atomic E-state index is 0.215. The molecule has 5 heteroatoms. The number of pyridine rings is 1. The Morgan fingerprint density at radius 2 is 1.70 bits per heavy atom. The lowest BCUT2D eigenvalue weighted by atomic mass is 10.00. The van der Waals surface area contributed by atoms with Crippen LogP contribution in [0.2, 0.25) is 0 Å². The van der Waals surface area contributed by atoms with Crippen molar-refractivity contribution < 1.29 is 9.94 Å². The van der Waals surface area contributed by atoms with Crippen molar-refractivity contribution in [1.82, 2.24) is 4.98 Å². The molecule has 0 atom stereocenters. The average Bonchev–Trinajstić information content (AvgIpc) is 3.03. The van der Waals surface area contributed by atoms with Gasteiger partial charge in [0.25, 0.3) is 0 Å². The van der Waals surface area contributed by atoms with Crippen LogP contribution in [0.25, 0.3) is 22.0 Å². The second kappa shape index (κ2) is 6.35. The summed E-state index contributed by atoms with van der Waals surface area (Å²) in [6.07, 6.45) is 1.32. The number of anilines is 1. The summed E-state index contributed by atoms with van der Waals surface area (Å²) in [7, 11) is 1.59. The Hall–Kier alpha value is -2.92. The maximum atomic E-state index is 9.93. The third-order valence-electron chi connectivity index (χ3n) is 5.51. The van der Waals surface area contributed by atoms with Gasteiger partial charge in [0.1, 0.15) is 18.6 Å². The van der Waals surface area contributed by atoms with E-state index in [1.165, 1.54) is 0 Å². The number of aliphatic hydroxyl groups excluding tert-OH is 1. The molecular weight excluding hydrogens is 338 g/mol. The molecule has 1 saturated heterocycles. The van der Waals surface area contributed by atoms with Crippen LogP contribution >= 0.6 is 0 Å². The summed E-state index contributed by atoms with van der Waals surface area (Å²) in [5, 5.41) is 15.4. The van der Waals surface area contributed by atoms with E-state index in [4.69, 9.17) is 9.82 Å². The van der Waals surface area contributed by atoms with E-state index in [0.29, 0.717) is 0 Å². The summed E-state index contributed by atoms with van der Waals surface area (Å²) < 4.78 is 0. The minimum atomic E-state index is -0.215. The van der Waals surface area contributed by atoms with Gasteiger partial charge in [-0.2, -0.15) is 0 Å². The van der Waals surface area contributed by atoms with E-state index < -0.39 is 0 Å². The smallest absolute Gasteiger partial charge is 0.137 e. The van der Waals surface area contributed by atoms with Gasteiger partial charge in [-0.15, -0.1) is 0 Å². The van der Waals surface area contributed by atoms with Gasteiger partial charge in [0, 0.05) is 35.2 Å². The Labute approximate surface area is 157 Å². The van der Waals surface area contributed by atoms with E-state index in [1.54, 1.807) is 7.11 Å². The quantitative estimate of drug-likeness (QED) is 0.556. The second-order valence-electron chi connectivity index (χ2n) is 7.09. The average molecular weight is 359 g/mol. The van der Waals surface area contributed by atoms with Crippen molar-refractivity contribution in [3.8, 4) is 11.1 Å². The third-order valence-corrected chi connectivity index (χ3v) is 5.51. The molecule has 2 aliphatic rings. The number of aromatic nitrogens is 1. The molecule has 1 N–H and O–H groups in total. The molecule has 2 heterocycles. The molecular formula is C22H21N3O2. The molecule has 0 amide bonds. The van der Waals surface area contributed by atoms with Crippen molar-refractivity contribution in [1.29, 1.82) is 0 Å². The predicted molar refractivity (Wildman–Crippen MR) is 107 cm³/mol. The maximum Gasteiger partial charge on any atom is 0.137 e. The van der Waals surface area contributed by atoms with Crippen molar-refractivity contribution in [3.63, 3.8) is 0 Å². The van der Waals surface area contributed by atoms with Crippen LogP contribution in [0.1, 0.15) is 24.0 Å². The number of aliphatic hydroxyl groups is 1. The number of nitrogens with zero attached hydrogens (tertiary/aromatic N) is 3. The molecule has 0 saturated carbocycles. The zero-order valence-electron chi connectivity index (χ0n) is 15.2. The van der Waals surface area contributed by atoms with Crippen molar-refractivity contribution in [2.45, 2.75) is 18.9 Å². The highest BCUT2D eigenvalue weighted by molar-refractivity contribution is 6.30. The molecule has 0 spiro atoms. The predicted octanol–water partition coefficient (Wildman–Crippen LogP) is 3.58. The number of oxime groups is 1. The normalized spacial score (nSPS) is 18.0. The maximum absolute atomic E-state index is 9.93. The fourth-order valence-electron chi connectivity index (χ4n) is 4.23. The van der Waals surface area contributed by atoms with Crippen LogP contribution < -0.4 is 4.90 Å². The standard InChI is InChI=1S/C22H21N3O2/c1-27-24-21-16-7-3-2-6-15(16)20-19(21)17-8-4-5-9-18(17)23-22(20)25-12-10-14(26)11-13-25/h2-9,14,26H,10-13H2,1H3/b24-21+. The Balaban J connectivity index is 1.83. The highest BCUT2D eigenvalue weighted by atomic mass is 16.6. The number of hydrogen-bond acceptors (Lipinski definition) is 5. The van der Waals surface area contributed by atoms with Crippen molar-refractivity contribution >= 4 is 22.4 Å². The fourth-order valence-corrected chi connectivity index (χ4v) is 4.23. The number of fused-ring (bicyclic) bond motifs is 5. The summed E-state index contributed by atoms with van der Waals surface area (Å²) in [5.74, 6) is 0.976. The Morgan fingerprint density at radius 3 is 2.48 bits per heavy atom. The minimum Gasteiger partial charge on any atom is -0.399 e. The van der Waals surface area contributed by atoms with Gasteiger partial charge in [-0.25, -0.2) is 4.98 Å². The third kappa shape index (κ3) is 2.50. The van der Waals surface area contributed by atoms with E-state index in [-0.39, 0.29) is 6.10 Å². The van der Waals surface area contributed by atoms with E-state index in [1.807, 2.05) is 24.3 Å². The summed E-state index contributed by atoms with van der Waals surface area (Å²) >= 11 is 0. The van der Waals surface area contributed by atoms with E-state index in [9.17, 15) is 5.11 Å². The van der Waals surface area contributed by atoms with Crippen molar-refractivity contribution in [2.24, 2.45) is 5.16 Å². The SMILES string of the molecule is CO/N=C1\c2ccccc2-c2c(N3CCC(O)CC3)nc3ccccc3c21. The Kier molecular flexibility index (Phi) is 3.83. The molecule has 1 aliphatic heterocycles. The van der Waals surface area contributed by atoms with Crippen LogP contribution in [-0.4, -0.2) is 42.1 Å². The monoisotopic (exact) mass is 359 g/mol. The lowest BCUT2D eigenvalue weighted by molar-refractivity contribution is 0.145. The van der Waals surface area contributed by atoms with E-state index in [0.717, 1.165) is 70.6 Å². The lowest BCUT2D eigenvalue weighted by Gasteiger charge is -2.32. The Bertz CT molecular complexity index is 1050. The summed E-state index contributed by atoms with van der Waals surface area (Å²) in [4.78, 5) is 12.5. The molecule has 2 aromatic carbocycles. The Morgan fingerprint density at radius 1 is 1.00 bits per heavy atom. The van der Waals surface area contributed by atoms with Gasteiger partial charge in [0.15, 0.2) is 0 Å². The van der Waals surface area contributed by atoms with Gasteiger partial charge in [0.2, 0.25) is 0 Å². The molecule has 0 unspecified atom stereocenters. The van der Waals surface area contributed by atoms with Crippen LogP contribution in [-0.2, 0) is 4.84 Å². The van der Waals surface area contributed by atoms with Gasteiger partial charge >= 0.3 is 0 Å². The molecule has 27 heavy (non-hydrogen) atoms. The fraction of sp³-hybridized carbons (Fsp3) is 0.273. The largest absolute Gasteiger partial charge is 0.399 e. The number of benzene rings is 2. The molecule has 1 aliphatic carbocycles. The molecule has 3 aromatic rings. The molecule has 0 radical (unpaired) electrons. The molecule has 5 rings (SSSR count). The highest BCUT2D eigenvalue weighted by Crippen LogP contribution is 2.45. The van der Waals surface area contributed by atoms with Crippen molar-refractivity contribution in [3.05, 3.63) is 59.7 Å². The topological polar surface area (TPSA) is 58.0 Å². The lowest BCUT2D eigenvalue weighted by Crippen LogP contribution is -2.36. The summed E-state index contributed by atoms with van der Waals surface area (Å²) in [6.45, 7) is 1.61. The van der Waals surface area contributed by atoms with E-state index in [2.05, 4.69) is 34.3 Å². The van der Waals surface area contributed by atoms with Crippen LogP contribution in [0.5, 0.6) is 0 Å². The highest BCUT2D eigenvalue weighted by Gasteiger charge is 2.33. The van der Waals surface area contributed by atoms with Gasteiger partial charge in [-0.3, -0.25) is 0 Å². The van der Waals surface area contributed by atoms with Crippen LogP contribution in [0, 0.1) is 0 Å². The van der Waals surface area contributed by atoms with Crippen molar-refractivity contribution in [2.75, 3.05) is 25.1 Å². The molecule has 1 fully saturated rings. The molecule has 136 valence electrons. The summed E-state index contributed by atoms with van der Waals surface area (Å²) in [6, 6.07) is 16.5. The van der Waals surface area contributed by atoms with Gasteiger partial charge in [-0.1, -0.05) is 47.6 Å². The summed E-state index contributed by atoms with van der Waals surface area (Å²) in [5.41, 5.74) is 6.24. The first kappa shape index (κ1) is 16.3. The first-order chi connectivity index (χ1) is 13.3. The van der Waals surface area contributed by atoms with Crippen LogP contribution in [0.3, 0.4) is 0 Å². The van der Waals surface area contributed by atoms with Gasteiger partial charge < -0.3 is 14.8 Å². The molecule has 0 bridgehead atoms. The second-order valence-corrected chi connectivity index (χ2v) is 7.09. The van der Waals surface area contributed by atoms with Crippen LogP contribution in [0.15, 0.2) is 53.7 Å². The first-order valence-electron chi connectivity index (χ1n) is 9.35.